The molecule has 6 heteroatoms. The second kappa shape index (κ2) is 5.79. The van der Waals surface area contributed by atoms with Gasteiger partial charge >= 0.3 is 6.01 Å². The minimum absolute atomic E-state index is 0.0550. The Morgan fingerprint density at radius 3 is 3.00 bits per heavy atom. The van der Waals surface area contributed by atoms with Crippen LogP contribution in [0.2, 0.25) is 0 Å². The summed E-state index contributed by atoms with van der Waals surface area (Å²) in [6.45, 7) is 6.43. The van der Waals surface area contributed by atoms with E-state index in [9.17, 15) is 0 Å². The van der Waals surface area contributed by atoms with Crippen LogP contribution in [-0.4, -0.2) is 40.8 Å². The van der Waals surface area contributed by atoms with Crippen LogP contribution in [0.25, 0.3) is 21.9 Å². The minimum atomic E-state index is 0.0550. The predicted molar refractivity (Wildman–Crippen MR) is 88.7 cm³/mol. The Kier molecular flexibility index (Phi) is 3.63. The smallest absolute Gasteiger partial charge is 0.318 e. The molecule has 3 heterocycles. The number of ether oxygens (including phenoxy) is 2. The van der Waals surface area contributed by atoms with Crippen LogP contribution in [0.3, 0.4) is 0 Å². The van der Waals surface area contributed by atoms with Crippen molar-refractivity contribution in [3.63, 3.8) is 0 Å². The van der Waals surface area contributed by atoms with Gasteiger partial charge in [-0.25, -0.2) is 4.98 Å². The van der Waals surface area contributed by atoms with Gasteiger partial charge < -0.3 is 19.8 Å². The van der Waals surface area contributed by atoms with E-state index in [1.165, 1.54) is 5.56 Å². The largest absolute Gasteiger partial charge is 0.461 e. The van der Waals surface area contributed by atoms with Gasteiger partial charge in [-0.3, -0.25) is 0 Å². The van der Waals surface area contributed by atoms with Crippen LogP contribution in [0, 0.1) is 0 Å². The summed E-state index contributed by atoms with van der Waals surface area (Å²) in [7, 11) is 0. The number of aromatic amines is 1. The number of nitrogens with zero attached hydrogens (tertiary/aromatic N) is 2. The van der Waals surface area contributed by atoms with Crippen LogP contribution in [0.4, 0.5) is 0 Å². The maximum absolute atomic E-state index is 5.84. The number of nitrogens with one attached hydrogen (secondary N) is 2. The highest BCUT2D eigenvalue weighted by atomic mass is 16.5. The van der Waals surface area contributed by atoms with Crippen molar-refractivity contribution in [1.29, 1.82) is 0 Å². The molecule has 0 saturated carbocycles. The number of hydrogen-bond donors (Lipinski definition) is 2. The molecule has 0 spiro atoms. The van der Waals surface area contributed by atoms with Gasteiger partial charge in [0.2, 0.25) is 0 Å². The van der Waals surface area contributed by atoms with Crippen LogP contribution in [-0.2, 0) is 4.74 Å². The molecule has 1 fully saturated rings. The zero-order valence-electron chi connectivity index (χ0n) is 13.3. The van der Waals surface area contributed by atoms with Gasteiger partial charge in [-0.2, -0.15) is 4.98 Å². The van der Waals surface area contributed by atoms with E-state index in [0.717, 1.165) is 41.6 Å². The zero-order chi connectivity index (χ0) is 15.8. The molecule has 0 bridgehead atoms. The molecule has 2 N–H and O–H groups in total. The molecule has 0 radical (unpaired) electrons. The molecule has 120 valence electrons. The van der Waals surface area contributed by atoms with Crippen LogP contribution in [0.5, 0.6) is 6.01 Å². The third-order valence-corrected chi connectivity index (χ3v) is 3.99. The number of rotatable bonds is 3. The lowest BCUT2D eigenvalue weighted by atomic mass is 10.1. The molecule has 1 aliphatic heterocycles. The van der Waals surface area contributed by atoms with Gasteiger partial charge in [0.25, 0.3) is 0 Å². The van der Waals surface area contributed by atoms with Gasteiger partial charge in [-0.1, -0.05) is 6.07 Å². The first kappa shape index (κ1) is 14.4. The molecular formula is C17H20N4O2. The normalized spacial score (nSPS) is 18.8. The first-order valence-corrected chi connectivity index (χ1v) is 7.98. The molecule has 1 atom stereocenters. The molecule has 1 saturated heterocycles. The van der Waals surface area contributed by atoms with Crippen LogP contribution in [0.15, 0.2) is 24.4 Å². The fourth-order valence-electron chi connectivity index (χ4n) is 2.93. The first-order valence-electron chi connectivity index (χ1n) is 7.98. The van der Waals surface area contributed by atoms with Crippen molar-refractivity contribution in [3.8, 4) is 6.01 Å². The molecule has 23 heavy (non-hydrogen) atoms. The fourth-order valence-corrected chi connectivity index (χ4v) is 2.93. The van der Waals surface area contributed by atoms with E-state index in [1.54, 1.807) is 0 Å². The molecule has 0 aliphatic carbocycles. The van der Waals surface area contributed by atoms with E-state index < -0.39 is 0 Å². The maximum atomic E-state index is 5.84. The average Bonchev–Trinajstić information content (AvgIpc) is 2.92. The standard InChI is InChI=1S/C17H20N4O2/c1-10(2)23-17-19-8-13-12-7-11(15-9-18-5-6-22-15)3-4-14(12)20-16(13)21-17/h3-4,7-8,10,15,18H,5-6,9H2,1-2H3,(H,19,20,21). The summed E-state index contributed by atoms with van der Waals surface area (Å²) in [5, 5.41) is 5.48. The quantitative estimate of drug-likeness (QED) is 0.777. The minimum Gasteiger partial charge on any atom is -0.461 e. The summed E-state index contributed by atoms with van der Waals surface area (Å²) in [6.07, 6.45) is 1.98. The van der Waals surface area contributed by atoms with Gasteiger partial charge in [0.1, 0.15) is 5.65 Å². The lowest BCUT2D eigenvalue weighted by Crippen LogP contribution is -2.33. The van der Waals surface area contributed by atoms with E-state index in [0.29, 0.717) is 6.01 Å². The fraction of sp³-hybridized carbons (Fsp3) is 0.412. The number of hydrogen-bond acceptors (Lipinski definition) is 5. The Morgan fingerprint density at radius 2 is 2.22 bits per heavy atom. The van der Waals surface area contributed by atoms with Crippen molar-refractivity contribution >= 4 is 21.9 Å². The molecule has 6 nitrogen and oxygen atoms in total. The second-order valence-electron chi connectivity index (χ2n) is 6.08. The number of fused-ring (bicyclic) bond motifs is 3. The Hall–Kier alpha value is -2.18. The SMILES string of the molecule is CC(C)Oc1ncc2c(n1)[nH]c1ccc(C3CNCCO3)cc12. The van der Waals surface area contributed by atoms with E-state index in [-0.39, 0.29) is 12.2 Å². The highest BCUT2D eigenvalue weighted by Crippen LogP contribution is 2.29. The van der Waals surface area contributed by atoms with E-state index in [4.69, 9.17) is 9.47 Å². The van der Waals surface area contributed by atoms with Gasteiger partial charge in [-0.05, 0) is 31.5 Å². The van der Waals surface area contributed by atoms with Crippen molar-refractivity contribution in [3.05, 3.63) is 30.0 Å². The van der Waals surface area contributed by atoms with Crippen LogP contribution < -0.4 is 10.1 Å². The van der Waals surface area contributed by atoms with Gasteiger partial charge in [0.15, 0.2) is 0 Å². The Labute approximate surface area is 134 Å². The maximum Gasteiger partial charge on any atom is 0.318 e. The third-order valence-electron chi connectivity index (χ3n) is 3.99. The first-order chi connectivity index (χ1) is 11.2. The number of benzene rings is 1. The summed E-state index contributed by atoms with van der Waals surface area (Å²) in [4.78, 5) is 12.1. The van der Waals surface area contributed by atoms with Crippen molar-refractivity contribution in [2.24, 2.45) is 0 Å². The van der Waals surface area contributed by atoms with Crippen LogP contribution in [0.1, 0.15) is 25.5 Å². The van der Waals surface area contributed by atoms with Crippen molar-refractivity contribution in [1.82, 2.24) is 20.3 Å². The Balaban J connectivity index is 1.76. The highest BCUT2D eigenvalue weighted by Gasteiger charge is 2.17. The third kappa shape index (κ3) is 2.75. The zero-order valence-corrected chi connectivity index (χ0v) is 13.3. The highest BCUT2D eigenvalue weighted by molar-refractivity contribution is 6.05. The van der Waals surface area contributed by atoms with E-state index in [2.05, 4.69) is 38.5 Å². The molecule has 1 aromatic carbocycles. The number of H-pyrrole nitrogens is 1. The molecule has 3 aromatic rings. The van der Waals surface area contributed by atoms with E-state index >= 15 is 0 Å². The van der Waals surface area contributed by atoms with Crippen LogP contribution >= 0.6 is 0 Å². The number of morpholine rings is 1. The molecule has 0 amide bonds. The van der Waals surface area contributed by atoms with Crippen molar-refractivity contribution in [2.75, 3.05) is 19.7 Å². The Bertz CT molecular complexity index is 837. The predicted octanol–water partition coefficient (Wildman–Crippen LogP) is 2.56. The topological polar surface area (TPSA) is 72.1 Å². The van der Waals surface area contributed by atoms with Gasteiger partial charge in [0, 0.05) is 35.6 Å². The number of aromatic nitrogens is 3. The molecule has 4 rings (SSSR count). The summed E-state index contributed by atoms with van der Waals surface area (Å²) in [5.41, 5.74) is 3.02. The molecular weight excluding hydrogens is 292 g/mol. The summed E-state index contributed by atoms with van der Waals surface area (Å²) in [6, 6.07) is 6.75. The van der Waals surface area contributed by atoms with Gasteiger partial charge in [-0.15, -0.1) is 0 Å². The van der Waals surface area contributed by atoms with Crippen molar-refractivity contribution in [2.45, 2.75) is 26.1 Å². The van der Waals surface area contributed by atoms with Gasteiger partial charge in [0.05, 0.1) is 18.8 Å². The van der Waals surface area contributed by atoms with E-state index in [1.807, 2.05) is 20.0 Å². The lowest BCUT2D eigenvalue weighted by Gasteiger charge is -2.24. The average molecular weight is 312 g/mol. The van der Waals surface area contributed by atoms with Crippen molar-refractivity contribution < 1.29 is 9.47 Å². The summed E-state index contributed by atoms with van der Waals surface area (Å²) >= 11 is 0. The molecule has 2 aromatic heterocycles. The molecule has 1 aliphatic rings. The second-order valence-corrected chi connectivity index (χ2v) is 6.08. The molecule has 1 unspecified atom stereocenters. The summed E-state index contributed by atoms with van der Waals surface area (Å²) < 4.78 is 11.4. The monoisotopic (exact) mass is 312 g/mol. The Morgan fingerprint density at radius 1 is 1.30 bits per heavy atom. The summed E-state index contributed by atoms with van der Waals surface area (Å²) in [5.74, 6) is 0. The lowest BCUT2D eigenvalue weighted by molar-refractivity contribution is 0.0278.